The van der Waals surface area contributed by atoms with Crippen LogP contribution in [0.15, 0.2) is 24.3 Å². The van der Waals surface area contributed by atoms with E-state index in [1.54, 1.807) is 0 Å². The summed E-state index contributed by atoms with van der Waals surface area (Å²) in [5.74, 6) is 0.889. The van der Waals surface area contributed by atoms with E-state index in [1.165, 1.54) is 0 Å². The monoisotopic (exact) mass is 243 g/mol. The number of nitrogens with two attached hydrogens (primary N) is 1. The van der Waals surface area contributed by atoms with Gasteiger partial charge in [-0.3, -0.25) is 0 Å². The molecule has 0 aliphatic carbocycles. The molecule has 0 amide bonds. The molecule has 4 heteroatoms. The van der Waals surface area contributed by atoms with Crippen molar-refractivity contribution in [2.45, 2.75) is 25.5 Å². The Morgan fingerprint density at radius 3 is 2.94 bits per heavy atom. The predicted octanol–water partition coefficient (Wildman–Crippen LogP) is 2.30. The fraction of sp³-hybridized carbons (Fsp3) is 0.500. The fourth-order valence-corrected chi connectivity index (χ4v) is 1.67. The van der Waals surface area contributed by atoms with Gasteiger partial charge in [0.25, 0.3) is 0 Å². The maximum atomic E-state index is 5.81. The van der Waals surface area contributed by atoms with Gasteiger partial charge in [-0.1, -0.05) is 12.1 Å². The minimum Gasteiger partial charge on any atom is -0.488 e. The summed E-state index contributed by atoms with van der Waals surface area (Å²) in [7, 11) is 0. The molecule has 1 aromatic rings. The van der Waals surface area contributed by atoms with Gasteiger partial charge >= 0.3 is 0 Å². The maximum absolute atomic E-state index is 5.81. The SMILES string of the molecule is C[C@@H](N)c1cccc(O[C@@H]2CCOC2)c1.Cl. The van der Waals surface area contributed by atoms with Gasteiger partial charge in [0.1, 0.15) is 11.9 Å². The lowest BCUT2D eigenvalue weighted by atomic mass is 10.1. The Balaban J connectivity index is 0.00000128. The molecule has 2 rings (SSSR count). The van der Waals surface area contributed by atoms with E-state index in [4.69, 9.17) is 15.2 Å². The van der Waals surface area contributed by atoms with Gasteiger partial charge in [0.05, 0.1) is 13.2 Å². The van der Waals surface area contributed by atoms with Crippen molar-refractivity contribution in [1.29, 1.82) is 0 Å². The third kappa shape index (κ3) is 3.37. The van der Waals surface area contributed by atoms with Crippen LogP contribution in [-0.4, -0.2) is 19.3 Å². The molecular formula is C12H18ClNO2. The number of hydrogen-bond donors (Lipinski definition) is 1. The lowest BCUT2D eigenvalue weighted by molar-refractivity contribution is 0.141. The highest BCUT2D eigenvalue weighted by Crippen LogP contribution is 2.20. The molecule has 1 heterocycles. The summed E-state index contributed by atoms with van der Waals surface area (Å²) in [5.41, 5.74) is 6.91. The molecule has 0 unspecified atom stereocenters. The highest BCUT2D eigenvalue weighted by molar-refractivity contribution is 5.85. The number of rotatable bonds is 3. The van der Waals surface area contributed by atoms with Crippen LogP contribution in [0.25, 0.3) is 0 Å². The first-order valence-electron chi connectivity index (χ1n) is 5.35. The van der Waals surface area contributed by atoms with Crippen molar-refractivity contribution in [2.24, 2.45) is 5.73 Å². The zero-order valence-corrected chi connectivity index (χ0v) is 10.2. The molecule has 0 saturated carbocycles. The van der Waals surface area contributed by atoms with E-state index in [0.29, 0.717) is 6.61 Å². The summed E-state index contributed by atoms with van der Waals surface area (Å²) < 4.78 is 11.0. The van der Waals surface area contributed by atoms with Crippen molar-refractivity contribution in [1.82, 2.24) is 0 Å². The third-order valence-electron chi connectivity index (χ3n) is 2.57. The molecule has 2 atom stereocenters. The highest BCUT2D eigenvalue weighted by atomic mass is 35.5. The lowest BCUT2D eigenvalue weighted by Gasteiger charge is -2.13. The summed E-state index contributed by atoms with van der Waals surface area (Å²) in [5, 5.41) is 0. The largest absolute Gasteiger partial charge is 0.488 e. The van der Waals surface area contributed by atoms with Crippen molar-refractivity contribution < 1.29 is 9.47 Å². The van der Waals surface area contributed by atoms with Gasteiger partial charge in [-0.05, 0) is 24.6 Å². The molecule has 16 heavy (non-hydrogen) atoms. The van der Waals surface area contributed by atoms with Gasteiger partial charge in [0.2, 0.25) is 0 Å². The van der Waals surface area contributed by atoms with E-state index in [1.807, 2.05) is 31.2 Å². The molecule has 1 aliphatic rings. The van der Waals surface area contributed by atoms with Crippen LogP contribution in [0.3, 0.4) is 0 Å². The topological polar surface area (TPSA) is 44.5 Å². The molecule has 0 spiro atoms. The minimum atomic E-state index is 0. The Labute approximate surface area is 102 Å². The highest BCUT2D eigenvalue weighted by Gasteiger charge is 2.17. The maximum Gasteiger partial charge on any atom is 0.124 e. The summed E-state index contributed by atoms with van der Waals surface area (Å²) >= 11 is 0. The first-order valence-corrected chi connectivity index (χ1v) is 5.35. The first-order chi connectivity index (χ1) is 7.25. The average Bonchev–Trinajstić information content (AvgIpc) is 2.71. The van der Waals surface area contributed by atoms with Crippen LogP contribution in [-0.2, 0) is 4.74 Å². The summed E-state index contributed by atoms with van der Waals surface area (Å²) in [6, 6.07) is 8.01. The molecule has 0 aromatic heterocycles. The van der Waals surface area contributed by atoms with Gasteiger partial charge < -0.3 is 15.2 Å². The van der Waals surface area contributed by atoms with Crippen LogP contribution in [0, 0.1) is 0 Å². The predicted molar refractivity (Wildman–Crippen MR) is 66.1 cm³/mol. The molecule has 0 bridgehead atoms. The molecule has 1 fully saturated rings. The minimum absolute atomic E-state index is 0. The van der Waals surface area contributed by atoms with Gasteiger partial charge in [0.15, 0.2) is 0 Å². The quantitative estimate of drug-likeness (QED) is 0.886. The number of ether oxygens (including phenoxy) is 2. The summed E-state index contributed by atoms with van der Waals surface area (Å²) in [6.45, 7) is 3.47. The Kier molecular flexibility index (Phi) is 5.06. The molecule has 90 valence electrons. The smallest absolute Gasteiger partial charge is 0.124 e. The van der Waals surface area contributed by atoms with Crippen LogP contribution in [0.5, 0.6) is 5.75 Å². The second-order valence-corrected chi connectivity index (χ2v) is 3.96. The zero-order valence-electron chi connectivity index (χ0n) is 9.39. The zero-order chi connectivity index (χ0) is 10.7. The van der Waals surface area contributed by atoms with Crippen LogP contribution in [0.1, 0.15) is 24.9 Å². The Morgan fingerprint density at radius 1 is 1.50 bits per heavy atom. The van der Waals surface area contributed by atoms with E-state index < -0.39 is 0 Å². The molecule has 0 radical (unpaired) electrons. The Hall–Kier alpha value is -0.770. The standard InChI is InChI=1S/C12H17NO2.ClH/c1-9(13)10-3-2-4-11(7-10)15-12-5-6-14-8-12;/h2-4,7,9,12H,5-6,8,13H2,1H3;1H/t9-,12-;/m1./s1. The van der Waals surface area contributed by atoms with E-state index in [9.17, 15) is 0 Å². The Morgan fingerprint density at radius 2 is 2.31 bits per heavy atom. The van der Waals surface area contributed by atoms with Crippen LogP contribution < -0.4 is 10.5 Å². The molecular weight excluding hydrogens is 226 g/mol. The van der Waals surface area contributed by atoms with Crippen molar-refractivity contribution >= 4 is 12.4 Å². The fourth-order valence-electron chi connectivity index (χ4n) is 1.67. The molecule has 3 nitrogen and oxygen atoms in total. The lowest BCUT2D eigenvalue weighted by Crippen LogP contribution is -2.16. The van der Waals surface area contributed by atoms with Crippen molar-refractivity contribution in [2.75, 3.05) is 13.2 Å². The van der Waals surface area contributed by atoms with Crippen LogP contribution >= 0.6 is 12.4 Å². The molecule has 1 aliphatic heterocycles. The van der Waals surface area contributed by atoms with Crippen LogP contribution in [0.4, 0.5) is 0 Å². The van der Waals surface area contributed by atoms with Gasteiger partial charge in [-0.15, -0.1) is 12.4 Å². The second kappa shape index (κ2) is 6.09. The van der Waals surface area contributed by atoms with Gasteiger partial charge in [0, 0.05) is 12.5 Å². The van der Waals surface area contributed by atoms with Gasteiger partial charge in [-0.25, -0.2) is 0 Å². The molecule has 1 saturated heterocycles. The van der Waals surface area contributed by atoms with Crippen molar-refractivity contribution in [3.63, 3.8) is 0 Å². The normalized spacial score (nSPS) is 21.2. The summed E-state index contributed by atoms with van der Waals surface area (Å²) in [6.07, 6.45) is 1.18. The van der Waals surface area contributed by atoms with Crippen molar-refractivity contribution in [3.05, 3.63) is 29.8 Å². The van der Waals surface area contributed by atoms with Gasteiger partial charge in [-0.2, -0.15) is 0 Å². The number of hydrogen-bond acceptors (Lipinski definition) is 3. The first kappa shape index (κ1) is 13.3. The van der Waals surface area contributed by atoms with E-state index >= 15 is 0 Å². The van der Waals surface area contributed by atoms with E-state index in [-0.39, 0.29) is 24.6 Å². The van der Waals surface area contributed by atoms with E-state index in [0.717, 1.165) is 24.3 Å². The Bertz CT molecular complexity index is 325. The summed E-state index contributed by atoms with van der Waals surface area (Å²) in [4.78, 5) is 0. The van der Waals surface area contributed by atoms with Crippen molar-refractivity contribution in [3.8, 4) is 5.75 Å². The van der Waals surface area contributed by atoms with E-state index in [2.05, 4.69) is 0 Å². The average molecular weight is 244 g/mol. The third-order valence-corrected chi connectivity index (χ3v) is 2.57. The van der Waals surface area contributed by atoms with Crippen LogP contribution in [0.2, 0.25) is 0 Å². The number of benzene rings is 1. The number of halogens is 1. The molecule has 2 N–H and O–H groups in total. The second-order valence-electron chi connectivity index (χ2n) is 3.96. The molecule has 1 aromatic carbocycles.